The second-order valence-electron chi connectivity index (χ2n) is 10.9. The number of hydrogen-bond acceptors (Lipinski definition) is 6. The minimum absolute atomic E-state index is 0.00715. The van der Waals surface area contributed by atoms with Crippen LogP contribution in [0.3, 0.4) is 0 Å². The highest BCUT2D eigenvalue weighted by Gasteiger charge is 2.52. The zero-order chi connectivity index (χ0) is 27.1. The van der Waals surface area contributed by atoms with Crippen LogP contribution in [0.5, 0.6) is 0 Å². The molecule has 1 amide bonds. The Morgan fingerprint density at radius 3 is 2.24 bits per heavy atom. The van der Waals surface area contributed by atoms with Crippen molar-refractivity contribution >= 4 is 25.0 Å². The topological polar surface area (TPSA) is 95.7 Å². The number of nitrogens with one attached hydrogen (secondary N) is 1. The molecule has 1 aliphatic carbocycles. The van der Waals surface area contributed by atoms with Gasteiger partial charge in [-0.3, -0.25) is 4.98 Å². The van der Waals surface area contributed by atoms with E-state index < -0.39 is 24.4 Å². The Balaban J connectivity index is 1.31. The van der Waals surface area contributed by atoms with Crippen LogP contribution in [0, 0.1) is 6.92 Å². The van der Waals surface area contributed by atoms with Crippen molar-refractivity contribution in [1.82, 2.24) is 10.3 Å². The molecule has 1 aliphatic heterocycles. The molecule has 3 N–H and O–H groups in total. The maximum Gasteiger partial charge on any atom is 0.492 e. The van der Waals surface area contributed by atoms with Gasteiger partial charge in [0.25, 0.3) is 0 Å². The number of nitrogens with two attached hydrogens (primary N) is 1. The molecule has 0 atom stereocenters. The Morgan fingerprint density at radius 1 is 1.05 bits per heavy atom. The lowest BCUT2D eigenvalue weighted by atomic mass is 9.77. The molecule has 1 fully saturated rings. The van der Waals surface area contributed by atoms with Crippen molar-refractivity contribution in [2.24, 2.45) is 0 Å². The minimum Gasteiger partial charge on any atom is -0.449 e. The first-order valence-corrected chi connectivity index (χ1v) is 12.9. The molecule has 2 aliphatic rings. The van der Waals surface area contributed by atoms with Crippen LogP contribution in [0.1, 0.15) is 56.0 Å². The standard InChI is InChI=1S/C30H34BN3O4/c1-19-20(15-22(32)17-33-19)14-21(31-37-29(2,3)30(4,5)38-31)16-34-28(35)36-18-27-25-12-8-6-10-23(25)24-11-7-9-13-26(24)27/h6-15,17,27H,16,18,32H2,1-5H3,(H,34,35). The van der Waals surface area contributed by atoms with Crippen molar-refractivity contribution in [1.29, 1.82) is 0 Å². The summed E-state index contributed by atoms with van der Waals surface area (Å²) in [6, 6.07) is 18.4. The second-order valence-corrected chi connectivity index (χ2v) is 10.9. The van der Waals surface area contributed by atoms with E-state index in [2.05, 4.69) is 34.6 Å². The molecule has 2 aromatic carbocycles. The van der Waals surface area contributed by atoms with Crippen molar-refractivity contribution in [3.05, 3.63) is 88.7 Å². The highest BCUT2D eigenvalue weighted by Crippen LogP contribution is 2.44. The van der Waals surface area contributed by atoms with Crippen LogP contribution in [0.15, 0.2) is 66.3 Å². The number of anilines is 1. The van der Waals surface area contributed by atoms with Gasteiger partial charge in [-0.1, -0.05) is 54.6 Å². The fourth-order valence-electron chi connectivity index (χ4n) is 4.93. The first-order valence-electron chi connectivity index (χ1n) is 12.9. The number of aromatic nitrogens is 1. The molecule has 5 rings (SSSR count). The Labute approximate surface area is 224 Å². The van der Waals surface area contributed by atoms with Crippen molar-refractivity contribution < 1.29 is 18.8 Å². The summed E-state index contributed by atoms with van der Waals surface area (Å²) in [6.45, 7) is 10.3. The van der Waals surface area contributed by atoms with E-state index >= 15 is 0 Å². The molecule has 1 saturated heterocycles. The fraction of sp³-hybridized carbons (Fsp3) is 0.333. The summed E-state index contributed by atoms with van der Waals surface area (Å²) in [6.07, 6.45) is 3.04. The average molecular weight is 511 g/mol. The predicted octanol–water partition coefficient (Wildman–Crippen LogP) is 5.53. The second kappa shape index (κ2) is 9.93. The van der Waals surface area contributed by atoms with Crippen LogP contribution in [0.25, 0.3) is 17.2 Å². The minimum atomic E-state index is -0.644. The van der Waals surface area contributed by atoms with E-state index in [-0.39, 0.29) is 19.1 Å². The van der Waals surface area contributed by atoms with Gasteiger partial charge in [0.1, 0.15) is 6.61 Å². The molecule has 196 valence electrons. The maximum atomic E-state index is 12.9. The summed E-state index contributed by atoms with van der Waals surface area (Å²) in [5.41, 5.74) is 12.6. The Kier molecular flexibility index (Phi) is 6.80. The van der Waals surface area contributed by atoms with Crippen LogP contribution in [0.4, 0.5) is 10.5 Å². The van der Waals surface area contributed by atoms with Gasteiger partial charge in [-0.2, -0.15) is 0 Å². The van der Waals surface area contributed by atoms with E-state index in [9.17, 15) is 4.79 Å². The van der Waals surface area contributed by atoms with Crippen LogP contribution in [-0.4, -0.2) is 42.5 Å². The normalized spacial score (nSPS) is 17.7. The molecule has 3 aromatic rings. The number of ether oxygens (including phenoxy) is 1. The number of carbonyl (C=O) groups excluding carboxylic acids is 1. The predicted molar refractivity (Wildman–Crippen MR) is 151 cm³/mol. The fourth-order valence-corrected chi connectivity index (χ4v) is 4.93. The molecular formula is C30H34BN3O4. The molecule has 0 saturated carbocycles. The number of pyridine rings is 1. The van der Waals surface area contributed by atoms with E-state index in [0.29, 0.717) is 5.69 Å². The molecule has 0 radical (unpaired) electrons. The zero-order valence-electron chi connectivity index (χ0n) is 22.6. The van der Waals surface area contributed by atoms with Gasteiger partial charge in [0.05, 0.1) is 23.1 Å². The summed E-state index contributed by atoms with van der Waals surface area (Å²) in [7, 11) is -0.644. The Hall–Kier alpha value is -3.62. The third-order valence-electron chi connectivity index (χ3n) is 7.82. The highest BCUT2D eigenvalue weighted by molar-refractivity contribution is 6.56. The number of hydrogen-bond donors (Lipinski definition) is 2. The van der Waals surface area contributed by atoms with E-state index in [1.807, 2.05) is 71.0 Å². The van der Waals surface area contributed by atoms with Crippen LogP contribution < -0.4 is 11.1 Å². The number of aryl methyl sites for hydroxylation is 1. The largest absolute Gasteiger partial charge is 0.492 e. The lowest BCUT2D eigenvalue weighted by Crippen LogP contribution is -2.41. The monoisotopic (exact) mass is 511 g/mol. The third kappa shape index (κ3) is 4.94. The number of amides is 1. The summed E-state index contributed by atoms with van der Waals surface area (Å²) >= 11 is 0. The third-order valence-corrected chi connectivity index (χ3v) is 7.82. The number of alkyl carbamates (subject to hydrolysis) is 1. The molecule has 1 aromatic heterocycles. The van der Waals surface area contributed by atoms with Gasteiger partial charge in [-0.15, -0.1) is 0 Å². The highest BCUT2D eigenvalue weighted by atomic mass is 16.7. The molecule has 2 heterocycles. The first kappa shape index (κ1) is 26.0. The molecule has 8 heteroatoms. The van der Waals surface area contributed by atoms with E-state index in [1.54, 1.807) is 6.20 Å². The van der Waals surface area contributed by atoms with Crippen LogP contribution >= 0.6 is 0 Å². The van der Waals surface area contributed by atoms with Crippen molar-refractivity contribution in [2.45, 2.75) is 51.7 Å². The van der Waals surface area contributed by atoms with Crippen molar-refractivity contribution in [2.75, 3.05) is 18.9 Å². The summed E-state index contributed by atoms with van der Waals surface area (Å²) in [5, 5.41) is 2.90. The average Bonchev–Trinajstić information content (AvgIpc) is 3.31. The number of nitrogen functional groups attached to an aromatic ring is 1. The smallest absolute Gasteiger partial charge is 0.449 e. The van der Waals surface area contributed by atoms with Gasteiger partial charge in [-0.05, 0) is 74.0 Å². The number of rotatable bonds is 6. The molecule has 7 nitrogen and oxygen atoms in total. The van der Waals surface area contributed by atoms with E-state index in [1.165, 1.54) is 22.3 Å². The van der Waals surface area contributed by atoms with Gasteiger partial charge in [0.2, 0.25) is 0 Å². The SMILES string of the molecule is Cc1ncc(N)cc1C=C(CNC(=O)OCC1c2ccccc2-c2ccccc21)B1OC(C)(C)C(C)(C)O1. The van der Waals surface area contributed by atoms with Gasteiger partial charge in [0, 0.05) is 18.2 Å². The Morgan fingerprint density at radius 2 is 1.63 bits per heavy atom. The number of carbonyl (C=O) groups is 1. The lowest BCUT2D eigenvalue weighted by molar-refractivity contribution is 0.00578. The van der Waals surface area contributed by atoms with Crippen molar-refractivity contribution in [3.63, 3.8) is 0 Å². The maximum absolute atomic E-state index is 12.9. The molecule has 0 spiro atoms. The van der Waals surface area contributed by atoms with Gasteiger partial charge < -0.3 is 25.1 Å². The summed E-state index contributed by atoms with van der Waals surface area (Å²) in [4.78, 5) is 17.3. The quantitative estimate of drug-likeness (QED) is 0.423. The van der Waals surface area contributed by atoms with E-state index in [0.717, 1.165) is 16.7 Å². The molecule has 0 bridgehead atoms. The number of benzene rings is 2. The molecular weight excluding hydrogens is 477 g/mol. The molecule has 38 heavy (non-hydrogen) atoms. The number of fused-ring (bicyclic) bond motifs is 3. The first-order chi connectivity index (χ1) is 18.1. The zero-order valence-corrected chi connectivity index (χ0v) is 22.6. The van der Waals surface area contributed by atoms with Gasteiger partial charge in [-0.25, -0.2) is 4.79 Å². The summed E-state index contributed by atoms with van der Waals surface area (Å²) in [5.74, 6) is -0.00715. The van der Waals surface area contributed by atoms with E-state index in [4.69, 9.17) is 19.8 Å². The van der Waals surface area contributed by atoms with Gasteiger partial charge >= 0.3 is 13.2 Å². The number of nitrogens with zero attached hydrogens (tertiary/aromatic N) is 1. The van der Waals surface area contributed by atoms with Gasteiger partial charge in [0.15, 0.2) is 0 Å². The Bertz CT molecular complexity index is 1340. The summed E-state index contributed by atoms with van der Waals surface area (Å²) < 4.78 is 18.3. The lowest BCUT2D eigenvalue weighted by Gasteiger charge is -2.32. The van der Waals surface area contributed by atoms with Crippen LogP contribution in [-0.2, 0) is 14.0 Å². The molecule has 0 unspecified atom stereocenters. The van der Waals surface area contributed by atoms with Crippen LogP contribution in [0.2, 0.25) is 0 Å². The van der Waals surface area contributed by atoms with Crippen molar-refractivity contribution in [3.8, 4) is 11.1 Å².